The highest BCUT2D eigenvalue weighted by Crippen LogP contribution is 2.43. The van der Waals surface area contributed by atoms with E-state index in [9.17, 15) is 5.11 Å². The predicted molar refractivity (Wildman–Crippen MR) is 76.2 cm³/mol. The summed E-state index contributed by atoms with van der Waals surface area (Å²) in [5.41, 5.74) is 0.280. The fourth-order valence-electron chi connectivity index (χ4n) is 4.32. The number of ether oxygens (including phenoxy) is 1. The molecule has 3 fully saturated rings. The molecule has 1 aliphatic carbocycles. The zero-order chi connectivity index (χ0) is 13.3. The highest BCUT2D eigenvalue weighted by atomic mass is 16.5. The van der Waals surface area contributed by atoms with Crippen LogP contribution in [0.3, 0.4) is 0 Å². The number of piperidine rings is 1. The molecular weight excluding hydrogens is 238 g/mol. The minimum atomic E-state index is -0.133. The number of rotatable bonds is 3. The van der Waals surface area contributed by atoms with Crippen molar-refractivity contribution < 1.29 is 9.84 Å². The Hall–Kier alpha value is -0.120. The highest BCUT2D eigenvalue weighted by Gasteiger charge is 2.42. The summed E-state index contributed by atoms with van der Waals surface area (Å²) in [5.74, 6) is 0.516. The lowest BCUT2D eigenvalue weighted by Gasteiger charge is -2.35. The molecule has 0 amide bonds. The van der Waals surface area contributed by atoms with Gasteiger partial charge in [0, 0.05) is 6.54 Å². The van der Waals surface area contributed by atoms with E-state index in [-0.39, 0.29) is 11.7 Å². The maximum atomic E-state index is 9.64. The third-order valence-electron chi connectivity index (χ3n) is 5.63. The summed E-state index contributed by atoms with van der Waals surface area (Å²) < 4.78 is 6.40. The van der Waals surface area contributed by atoms with Crippen LogP contribution >= 0.6 is 0 Å². The van der Waals surface area contributed by atoms with Gasteiger partial charge in [0.1, 0.15) is 0 Å². The first kappa shape index (κ1) is 13.8. The molecule has 0 bridgehead atoms. The largest absolute Gasteiger partial charge is 0.393 e. The standard InChI is InChI=1S/C16H29NO2/c1-13(18)14-5-10-17(11-6-14)12-15-4-9-16(19-15)7-2-3-8-16/h13-15,18H,2-12H2,1H3. The summed E-state index contributed by atoms with van der Waals surface area (Å²) in [7, 11) is 0. The molecule has 3 nitrogen and oxygen atoms in total. The van der Waals surface area contributed by atoms with Crippen LogP contribution < -0.4 is 0 Å². The van der Waals surface area contributed by atoms with Crippen LogP contribution in [0.25, 0.3) is 0 Å². The number of likely N-dealkylation sites (tertiary alicyclic amines) is 1. The first-order valence-electron chi connectivity index (χ1n) is 8.25. The Kier molecular flexibility index (Phi) is 4.16. The molecule has 110 valence electrons. The van der Waals surface area contributed by atoms with Crippen molar-refractivity contribution in [2.24, 2.45) is 5.92 Å². The van der Waals surface area contributed by atoms with Crippen molar-refractivity contribution in [1.29, 1.82) is 0 Å². The first-order chi connectivity index (χ1) is 9.17. The van der Waals surface area contributed by atoms with Crippen molar-refractivity contribution in [1.82, 2.24) is 4.90 Å². The Labute approximate surface area is 117 Å². The molecule has 0 radical (unpaired) electrons. The summed E-state index contributed by atoms with van der Waals surface area (Å²) in [6, 6.07) is 0. The molecule has 2 saturated heterocycles. The molecule has 1 N–H and O–H groups in total. The van der Waals surface area contributed by atoms with Gasteiger partial charge in [0.25, 0.3) is 0 Å². The van der Waals surface area contributed by atoms with E-state index in [1.807, 2.05) is 6.92 Å². The van der Waals surface area contributed by atoms with E-state index < -0.39 is 0 Å². The Morgan fingerprint density at radius 3 is 2.47 bits per heavy atom. The van der Waals surface area contributed by atoms with E-state index in [0.717, 1.165) is 32.5 Å². The Morgan fingerprint density at radius 1 is 1.16 bits per heavy atom. The minimum absolute atomic E-state index is 0.133. The predicted octanol–water partition coefficient (Wildman–Crippen LogP) is 2.57. The summed E-state index contributed by atoms with van der Waals surface area (Å²) in [5, 5.41) is 9.64. The lowest BCUT2D eigenvalue weighted by atomic mass is 9.92. The van der Waals surface area contributed by atoms with Crippen molar-refractivity contribution in [3.63, 3.8) is 0 Å². The van der Waals surface area contributed by atoms with Crippen LogP contribution in [0.4, 0.5) is 0 Å². The number of hydrogen-bond donors (Lipinski definition) is 1. The second kappa shape index (κ2) is 5.71. The molecule has 2 heterocycles. The molecule has 1 saturated carbocycles. The maximum absolute atomic E-state index is 9.64. The van der Waals surface area contributed by atoms with E-state index in [1.165, 1.54) is 38.5 Å². The summed E-state index contributed by atoms with van der Waals surface area (Å²) >= 11 is 0. The molecule has 3 aliphatic rings. The van der Waals surface area contributed by atoms with Crippen LogP contribution in [0.2, 0.25) is 0 Å². The van der Waals surface area contributed by atoms with Crippen LogP contribution in [0, 0.1) is 5.92 Å². The lowest BCUT2D eigenvalue weighted by Crippen LogP contribution is -2.41. The molecule has 2 aliphatic heterocycles. The van der Waals surface area contributed by atoms with Gasteiger partial charge in [-0.1, -0.05) is 12.8 Å². The number of aliphatic hydroxyl groups is 1. The Bertz CT molecular complexity index is 291. The highest BCUT2D eigenvalue weighted by molar-refractivity contribution is 4.93. The number of aliphatic hydroxyl groups excluding tert-OH is 1. The van der Waals surface area contributed by atoms with Gasteiger partial charge in [0.15, 0.2) is 0 Å². The quantitative estimate of drug-likeness (QED) is 0.853. The number of nitrogens with zero attached hydrogens (tertiary/aromatic N) is 1. The van der Waals surface area contributed by atoms with Crippen LogP contribution in [0.1, 0.15) is 58.3 Å². The van der Waals surface area contributed by atoms with Crippen LogP contribution in [-0.2, 0) is 4.74 Å². The molecule has 2 atom stereocenters. The summed E-state index contributed by atoms with van der Waals surface area (Å²) in [6.07, 6.45) is 10.5. The van der Waals surface area contributed by atoms with Crippen LogP contribution in [0.5, 0.6) is 0 Å². The van der Waals surface area contributed by atoms with E-state index in [2.05, 4.69) is 4.90 Å². The average Bonchev–Trinajstić information content (AvgIpc) is 3.01. The van der Waals surface area contributed by atoms with Crippen molar-refractivity contribution in [2.75, 3.05) is 19.6 Å². The molecule has 3 heteroatoms. The third kappa shape index (κ3) is 3.14. The van der Waals surface area contributed by atoms with Crippen LogP contribution in [0.15, 0.2) is 0 Å². The van der Waals surface area contributed by atoms with Gasteiger partial charge in [-0.05, 0) is 64.5 Å². The topological polar surface area (TPSA) is 32.7 Å². The SMILES string of the molecule is CC(O)C1CCN(CC2CCC3(CCCC3)O2)CC1. The van der Waals surface area contributed by atoms with Crippen molar-refractivity contribution in [2.45, 2.75) is 76.1 Å². The van der Waals surface area contributed by atoms with Gasteiger partial charge in [-0.2, -0.15) is 0 Å². The summed E-state index contributed by atoms with van der Waals surface area (Å²) in [6.45, 7) is 5.34. The van der Waals surface area contributed by atoms with Gasteiger partial charge in [-0.3, -0.25) is 0 Å². The Morgan fingerprint density at radius 2 is 1.84 bits per heavy atom. The van der Waals surface area contributed by atoms with Gasteiger partial charge >= 0.3 is 0 Å². The van der Waals surface area contributed by atoms with E-state index in [0.29, 0.717) is 12.0 Å². The van der Waals surface area contributed by atoms with Crippen LogP contribution in [-0.4, -0.2) is 47.4 Å². The van der Waals surface area contributed by atoms with Gasteiger partial charge in [-0.15, -0.1) is 0 Å². The maximum Gasteiger partial charge on any atom is 0.0710 e. The van der Waals surface area contributed by atoms with Crippen molar-refractivity contribution in [3.05, 3.63) is 0 Å². The average molecular weight is 267 g/mol. The van der Waals surface area contributed by atoms with E-state index >= 15 is 0 Å². The lowest BCUT2D eigenvalue weighted by molar-refractivity contribution is -0.0516. The second-order valence-electron chi connectivity index (χ2n) is 7.05. The zero-order valence-electron chi connectivity index (χ0n) is 12.3. The third-order valence-corrected chi connectivity index (χ3v) is 5.63. The zero-order valence-corrected chi connectivity index (χ0v) is 12.3. The van der Waals surface area contributed by atoms with Crippen molar-refractivity contribution in [3.8, 4) is 0 Å². The molecule has 0 aromatic heterocycles. The monoisotopic (exact) mass is 267 g/mol. The summed E-state index contributed by atoms with van der Waals surface area (Å²) in [4.78, 5) is 2.55. The minimum Gasteiger partial charge on any atom is -0.393 e. The fourth-order valence-corrected chi connectivity index (χ4v) is 4.32. The fraction of sp³-hybridized carbons (Fsp3) is 1.00. The molecule has 0 aromatic carbocycles. The molecule has 19 heavy (non-hydrogen) atoms. The second-order valence-corrected chi connectivity index (χ2v) is 7.05. The van der Waals surface area contributed by atoms with Gasteiger partial charge < -0.3 is 14.7 Å². The Balaban J connectivity index is 1.43. The molecule has 0 aromatic rings. The molecule has 2 unspecified atom stereocenters. The van der Waals surface area contributed by atoms with E-state index in [4.69, 9.17) is 4.74 Å². The van der Waals surface area contributed by atoms with Gasteiger partial charge in [0.05, 0.1) is 17.8 Å². The van der Waals surface area contributed by atoms with Crippen molar-refractivity contribution >= 4 is 0 Å². The first-order valence-corrected chi connectivity index (χ1v) is 8.25. The molecular formula is C16H29NO2. The van der Waals surface area contributed by atoms with Gasteiger partial charge in [-0.25, -0.2) is 0 Å². The van der Waals surface area contributed by atoms with E-state index in [1.54, 1.807) is 0 Å². The smallest absolute Gasteiger partial charge is 0.0710 e. The normalized spacial score (nSPS) is 34.1. The van der Waals surface area contributed by atoms with Gasteiger partial charge in [0.2, 0.25) is 0 Å². The molecule has 1 spiro atoms. The number of hydrogen-bond acceptors (Lipinski definition) is 3. The molecule has 3 rings (SSSR count).